The highest BCUT2D eigenvalue weighted by atomic mass is 19.4. The lowest BCUT2D eigenvalue weighted by molar-refractivity contribution is -0.142. The quantitative estimate of drug-likeness (QED) is 0.645. The molecule has 0 aliphatic carbocycles. The van der Waals surface area contributed by atoms with Gasteiger partial charge in [0.25, 0.3) is 0 Å². The second kappa shape index (κ2) is 9.01. The molecule has 3 aliphatic rings. The van der Waals surface area contributed by atoms with Crippen LogP contribution in [0.5, 0.6) is 0 Å². The summed E-state index contributed by atoms with van der Waals surface area (Å²) in [5, 5.41) is 0. The van der Waals surface area contributed by atoms with Gasteiger partial charge >= 0.3 is 6.18 Å². The molecule has 4 heterocycles. The molecule has 186 valence electrons. The van der Waals surface area contributed by atoms with Crippen LogP contribution in [-0.2, 0) is 22.2 Å². The van der Waals surface area contributed by atoms with E-state index >= 15 is 0 Å². The van der Waals surface area contributed by atoms with Crippen molar-refractivity contribution in [3.8, 4) is 0 Å². The highest BCUT2D eigenvalue weighted by Crippen LogP contribution is 2.40. The Labute approximate surface area is 201 Å². The Morgan fingerprint density at radius 3 is 2.31 bits per heavy atom. The van der Waals surface area contributed by atoms with E-state index in [9.17, 15) is 22.8 Å². The number of rotatable bonds is 2. The number of aromatic nitrogens is 2. The number of alkyl halides is 3. The fraction of sp³-hybridized carbons (Fsp3) is 0.500. The Balaban J connectivity index is 1.45. The van der Waals surface area contributed by atoms with Crippen LogP contribution in [0.4, 0.5) is 24.8 Å². The van der Waals surface area contributed by atoms with Crippen LogP contribution in [-0.4, -0.2) is 83.4 Å². The van der Waals surface area contributed by atoms with E-state index in [0.717, 1.165) is 11.8 Å². The van der Waals surface area contributed by atoms with Crippen LogP contribution < -0.4 is 9.80 Å². The first-order chi connectivity index (χ1) is 16.7. The lowest BCUT2D eigenvalue weighted by Crippen LogP contribution is -2.62. The van der Waals surface area contributed by atoms with Crippen LogP contribution in [0.25, 0.3) is 0 Å². The van der Waals surface area contributed by atoms with Gasteiger partial charge in [0.1, 0.15) is 0 Å². The third kappa shape index (κ3) is 4.51. The molecule has 0 bridgehead atoms. The first-order valence-corrected chi connectivity index (χ1v) is 11.8. The van der Waals surface area contributed by atoms with Crippen molar-refractivity contribution < 1.29 is 22.8 Å². The molecular weight excluding hydrogens is 461 g/mol. The molecule has 3 aliphatic heterocycles. The molecular formula is C24H27F3N6O2. The Bertz CT molecular complexity index is 1100. The van der Waals surface area contributed by atoms with Crippen molar-refractivity contribution in [1.29, 1.82) is 0 Å². The summed E-state index contributed by atoms with van der Waals surface area (Å²) in [5.74, 6) is -0.0459. The molecule has 1 aromatic heterocycles. The van der Waals surface area contributed by atoms with E-state index in [-0.39, 0.29) is 24.3 Å². The van der Waals surface area contributed by atoms with Crippen molar-refractivity contribution in [2.24, 2.45) is 5.92 Å². The van der Waals surface area contributed by atoms with Crippen LogP contribution in [0.15, 0.2) is 36.7 Å². The Kier molecular flexibility index (Phi) is 6.02. The van der Waals surface area contributed by atoms with Gasteiger partial charge in [-0.05, 0) is 36.2 Å². The first kappa shape index (κ1) is 23.4. The number of benzene rings is 1. The smallest absolute Gasteiger partial charge is 0.364 e. The van der Waals surface area contributed by atoms with Gasteiger partial charge in [-0.15, -0.1) is 0 Å². The maximum Gasteiger partial charge on any atom is 0.416 e. The summed E-state index contributed by atoms with van der Waals surface area (Å²) in [5.41, 5.74) is 0.593. The topological polar surface area (TPSA) is 72.9 Å². The predicted molar refractivity (Wildman–Crippen MR) is 123 cm³/mol. The third-order valence-electron chi connectivity index (χ3n) is 7.23. The number of hydrogen-bond acceptors (Lipinski definition) is 6. The summed E-state index contributed by atoms with van der Waals surface area (Å²) >= 11 is 0. The fourth-order valence-electron chi connectivity index (χ4n) is 5.40. The minimum Gasteiger partial charge on any atom is -0.364 e. The van der Waals surface area contributed by atoms with Gasteiger partial charge in [-0.1, -0.05) is 0 Å². The zero-order chi connectivity index (χ0) is 24.7. The fourth-order valence-corrected chi connectivity index (χ4v) is 5.40. The number of halogens is 3. The minimum absolute atomic E-state index is 0.0275. The summed E-state index contributed by atoms with van der Waals surface area (Å²) in [4.78, 5) is 41.7. The molecule has 0 radical (unpaired) electrons. The van der Waals surface area contributed by atoms with Gasteiger partial charge < -0.3 is 19.6 Å². The van der Waals surface area contributed by atoms with Gasteiger partial charge in [0.15, 0.2) is 0 Å². The number of nitrogens with zero attached hydrogens (tertiary/aromatic N) is 6. The van der Waals surface area contributed by atoms with Gasteiger partial charge in [0.2, 0.25) is 17.8 Å². The summed E-state index contributed by atoms with van der Waals surface area (Å²) < 4.78 is 40.3. The lowest BCUT2D eigenvalue weighted by Gasteiger charge is -2.50. The van der Waals surface area contributed by atoms with Crippen LogP contribution in [0, 0.1) is 5.92 Å². The predicted octanol–water partition coefficient (Wildman–Crippen LogP) is 2.05. The average Bonchev–Trinajstić information content (AvgIpc) is 2.87. The molecule has 5 rings (SSSR count). The molecule has 0 spiro atoms. The normalized spacial score (nSPS) is 22.5. The van der Waals surface area contributed by atoms with Crippen molar-refractivity contribution in [3.05, 3.63) is 47.8 Å². The molecule has 1 aromatic carbocycles. The van der Waals surface area contributed by atoms with Gasteiger partial charge in [-0.3, -0.25) is 9.59 Å². The molecule has 2 atom stereocenters. The number of carbonyl (C=O) groups excluding carboxylic acids is 2. The lowest BCUT2D eigenvalue weighted by atomic mass is 9.82. The molecule has 2 amide bonds. The standard InChI is InChI=1S/C24H27F3N6O2/c1-16(34)30-7-9-31(10-8-30)22(35)19-14-17-13-18(24(25,26)27)3-4-20(17)33-12-11-32(15-21(19)33)23-28-5-2-6-29-23/h2-6,13,19,21H,7-12,14-15H2,1H3/t19-,21-/m0/s1. The van der Waals surface area contributed by atoms with Crippen molar-refractivity contribution in [2.75, 3.05) is 55.6 Å². The second-order valence-corrected chi connectivity index (χ2v) is 9.24. The van der Waals surface area contributed by atoms with Gasteiger partial charge in [0, 0.05) is 70.8 Å². The maximum absolute atomic E-state index is 13.7. The molecule has 2 fully saturated rings. The van der Waals surface area contributed by atoms with Crippen LogP contribution >= 0.6 is 0 Å². The largest absolute Gasteiger partial charge is 0.416 e. The van der Waals surface area contributed by atoms with E-state index in [1.807, 2.05) is 4.90 Å². The molecule has 2 aromatic rings. The zero-order valence-corrected chi connectivity index (χ0v) is 19.4. The Morgan fingerprint density at radius 2 is 1.66 bits per heavy atom. The average molecular weight is 489 g/mol. The highest BCUT2D eigenvalue weighted by molar-refractivity contribution is 5.83. The maximum atomic E-state index is 13.7. The van der Waals surface area contributed by atoms with Gasteiger partial charge in [-0.25, -0.2) is 9.97 Å². The SMILES string of the molecule is CC(=O)N1CCN(C(=O)[C@H]2Cc3cc(C(F)(F)F)ccc3N3CCN(c4ncccn4)C[C@@H]23)CC1. The number of piperazine rings is 2. The van der Waals surface area contributed by atoms with Crippen LogP contribution in [0.1, 0.15) is 18.1 Å². The molecule has 0 unspecified atom stereocenters. The minimum atomic E-state index is -4.45. The number of carbonyl (C=O) groups is 2. The van der Waals surface area contributed by atoms with E-state index < -0.39 is 17.7 Å². The molecule has 8 nitrogen and oxygen atoms in total. The van der Waals surface area contributed by atoms with E-state index in [0.29, 0.717) is 57.3 Å². The number of hydrogen-bond donors (Lipinski definition) is 0. The van der Waals surface area contributed by atoms with Crippen molar-refractivity contribution >= 4 is 23.5 Å². The number of amides is 2. The third-order valence-corrected chi connectivity index (χ3v) is 7.23. The Morgan fingerprint density at radius 1 is 0.971 bits per heavy atom. The van der Waals surface area contributed by atoms with Gasteiger partial charge in [-0.2, -0.15) is 13.2 Å². The summed E-state index contributed by atoms with van der Waals surface area (Å²) in [6.45, 7) is 4.90. The summed E-state index contributed by atoms with van der Waals surface area (Å²) in [6, 6.07) is 5.35. The molecule has 11 heteroatoms. The van der Waals surface area contributed by atoms with Gasteiger partial charge in [0.05, 0.1) is 17.5 Å². The van der Waals surface area contributed by atoms with Crippen LogP contribution in [0.2, 0.25) is 0 Å². The molecule has 2 saturated heterocycles. The van der Waals surface area contributed by atoms with E-state index in [4.69, 9.17) is 0 Å². The second-order valence-electron chi connectivity index (χ2n) is 9.24. The Hall–Kier alpha value is -3.37. The van der Waals surface area contributed by atoms with Crippen LogP contribution in [0.3, 0.4) is 0 Å². The molecule has 0 N–H and O–H groups in total. The summed E-state index contributed by atoms with van der Waals surface area (Å²) in [6.07, 6.45) is -0.880. The number of fused-ring (bicyclic) bond motifs is 3. The van der Waals surface area contributed by atoms with Crippen molar-refractivity contribution in [3.63, 3.8) is 0 Å². The first-order valence-electron chi connectivity index (χ1n) is 11.8. The summed E-state index contributed by atoms with van der Waals surface area (Å²) in [7, 11) is 0. The molecule has 0 saturated carbocycles. The van der Waals surface area contributed by atoms with E-state index in [1.54, 1.807) is 28.3 Å². The molecule has 35 heavy (non-hydrogen) atoms. The zero-order valence-electron chi connectivity index (χ0n) is 19.4. The monoisotopic (exact) mass is 488 g/mol. The van der Waals surface area contributed by atoms with Crippen molar-refractivity contribution in [2.45, 2.75) is 25.6 Å². The van der Waals surface area contributed by atoms with E-state index in [2.05, 4.69) is 14.9 Å². The highest BCUT2D eigenvalue weighted by Gasteiger charge is 2.44. The van der Waals surface area contributed by atoms with E-state index in [1.165, 1.54) is 19.1 Å². The number of anilines is 2. The van der Waals surface area contributed by atoms with Crippen molar-refractivity contribution in [1.82, 2.24) is 19.8 Å².